The Labute approximate surface area is 121 Å². The van der Waals surface area contributed by atoms with Crippen molar-refractivity contribution >= 4 is 22.8 Å². The van der Waals surface area contributed by atoms with Crippen LogP contribution in [0.3, 0.4) is 0 Å². The van der Waals surface area contributed by atoms with Crippen LogP contribution in [0.5, 0.6) is 0 Å². The molecule has 0 saturated carbocycles. The molecule has 1 aliphatic rings. The lowest BCUT2D eigenvalue weighted by atomic mass is 9.87. The molecule has 1 amide bonds. The van der Waals surface area contributed by atoms with Gasteiger partial charge in [-0.2, -0.15) is 5.10 Å². The number of rotatable bonds is 2. The van der Waals surface area contributed by atoms with Crippen molar-refractivity contribution in [3.63, 3.8) is 0 Å². The van der Waals surface area contributed by atoms with Gasteiger partial charge in [-0.05, 0) is 18.4 Å². The van der Waals surface area contributed by atoms with Gasteiger partial charge in [-0.25, -0.2) is 0 Å². The first kappa shape index (κ1) is 13.6. The second kappa shape index (κ2) is 5.20. The van der Waals surface area contributed by atoms with Crippen LogP contribution in [0.25, 0.3) is 10.9 Å². The van der Waals surface area contributed by atoms with Crippen molar-refractivity contribution in [2.45, 2.75) is 13.3 Å². The third-order valence-corrected chi connectivity index (χ3v) is 4.22. The summed E-state index contributed by atoms with van der Waals surface area (Å²) in [6, 6.07) is 5.50. The van der Waals surface area contributed by atoms with Crippen molar-refractivity contribution in [3.8, 4) is 0 Å². The van der Waals surface area contributed by atoms with Crippen molar-refractivity contribution in [2.24, 2.45) is 11.8 Å². The normalized spacial score (nSPS) is 22.4. The molecule has 1 fully saturated rings. The Morgan fingerprint density at radius 3 is 2.95 bits per heavy atom. The number of nitrogens with zero attached hydrogens (tertiary/aromatic N) is 2. The Kier molecular flexibility index (Phi) is 3.37. The summed E-state index contributed by atoms with van der Waals surface area (Å²) in [7, 11) is 0. The largest absolute Gasteiger partial charge is 0.481 e. The highest BCUT2D eigenvalue weighted by Gasteiger charge is 2.33. The zero-order valence-corrected chi connectivity index (χ0v) is 11.7. The molecule has 3 rings (SSSR count). The van der Waals surface area contributed by atoms with Gasteiger partial charge in [-0.15, -0.1) is 0 Å². The molecule has 2 heterocycles. The molecule has 1 aliphatic heterocycles. The highest BCUT2D eigenvalue weighted by molar-refractivity contribution is 6.05. The van der Waals surface area contributed by atoms with Crippen molar-refractivity contribution in [1.82, 2.24) is 15.1 Å². The Bertz CT molecular complexity index is 694. The van der Waals surface area contributed by atoms with Gasteiger partial charge < -0.3 is 10.0 Å². The lowest BCUT2D eigenvalue weighted by molar-refractivity contribution is -0.145. The Morgan fingerprint density at radius 1 is 1.43 bits per heavy atom. The number of likely N-dealkylation sites (tertiary alicyclic amines) is 1. The maximum atomic E-state index is 12.7. The van der Waals surface area contributed by atoms with E-state index in [0.29, 0.717) is 25.1 Å². The summed E-state index contributed by atoms with van der Waals surface area (Å²) in [5.74, 6) is -1.25. The van der Waals surface area contributed by atoms with Gasteiger partial charge in [-0.3, -0.25) is 14.7 Å². The lowest BCUT2D eigenvalue weighted by Crippen LogP contribution is -2.45. The number of hydrogen-bond donors (Lipinski definition) is 2. The Hall–Kier alpha value is -2.37. The van der Waals surface area contributed by atoms with Gasteiger partial charge in [0.15, 0.2) is 0 Å². The monoisotopic (exact) mass is 287 g/mol. The van der Waals surface area contributed by atoms with Crippen molar-refractivity contribution in [3.05, 3.63) is 30.0 Å². The van der Waals surface area contributed by atoms with Crippen LogP contribution in [0.15, 0.2) is 24.4 Å². The molecular formula is C15H17N3O3. The topological polar surface area (TPSA) is 86.3 Å². The highest BCUT2D eigenvalue weighted by Crippen LogP contribution is 2.26. The van der Waals surface area contributed by atoms with Crippen LogP contribution in [-0.4, -0.2) is 45.2 Å². The number of carboxylic acid groups (broad SMARTS) is 1. The van der Waals surface area contributed by atoms with Crippen LogP contribution in [-0.2, 0) is 4.79 Å². The molecule has 2 N–H and O–H groups in total. The molecule has 6 nitrogen and oxygen atoms in total. The first-order valence-corrected chi connectivity index (χ1v) is 7.02. The predicted molar refractivity (Wildman–Crippen MR) is 76.9 cm³/mol. The van der Waals surface area contributed by atoms with Crippen LogP contribution in [0.1, 0.15) is 23.7 Å². The second-order valence-corrected chi connectivity index (χ2v) is 5.60. The van der Waals surface area contributed by atoms with E-state index in [2.05, 4.69) is 10.2 Å². The number of carboxylic acids is 1. The van der Waals surface area contributed by atoms with Crippen molar-refractivity contribution in [2.75, 3.05) is 13.1 Å². The molecule has 21 heavy (non-hydrogen) atoms. The fourth-order valence-corrected chi connectivity index (χ4v) is 3.01. The van der Waals surface area contributed by atoms with E-state index in [-0.39, 0.29) is 17.7 Å². The molecule has 1 saturated heterocycles. The van der Waals surface area contributed by atoms with Crippen molar-refractivity contribution < 1.29 is 14.7 Å². The number of aliphatic carboxylic acids is 1. The molecule has 2 aromatic rings. The minimum absolute atomic E-state index is 0.0406. The van der Waals surface area contributed by atoms with Gasteiger partial charge in [0.25, 0.3) is 5.91 Å². The van der Waals surface area contributed by atoms with Crippen LogP contribution in [0, 0.1) is 11.8 Å². The molecular weight excluding hydrogens is 270 g/mol. The van der Waals surface area contributed by atoms with Gasteiger partial charge in [0.2, 0.25) is 0 Å². The maximum absolute atomic E-state index is 12.7. The minimum atomic E-state index is -0.773. The van der Waals surface area contributed by atoms with Gasteiger partial charge in [0.1, 0.15) is 0 Å². The number of piperidine rings is 1. The van der Waals surface area contributed by atoms with Gasteiger partial charge in [0, 0.05) is 18.5 Å². The fourth-order valence-electron chi connectivity index (χ4n) is 3.01. The molecule has 2 atom stereocenters. The summed E-state index contributed by atoms with van der Waals surface area (Å²) in [6.07, 6.45) is 2.19. The first-order valence-electron chi connectivity index (χ1n) is 7.02. The van der Waals surface area contributed by atoms with E-state index in [9.17, 15) is 9.59 Å². The molecule has 0 bridgehead atoms. The van der Waals surface area contributed by atoms with Crippen LogP contribution >= 0.6 is 0 Å². The van der Waals surface area contributed by atoms with Crippen LogP contribution < -0.4 is 0 Å². The number of fused-ring (bicyclic) bond motifs is 1. The second-order valence-electron chi connectivity index (χ2n) is 5.60. The molecule has 6 heteroatoms. The summed E-state index contributed by atoms with van der Waals surface area (Å²) >= 11 is 0. The highest BCUT2D eigenvalue weighted by atomic mass is 16.4. The van der Waals surface area contributed by atoms with Gasteiger partial charge in [-0.1, -0.05) is 19.1 Å². The smallest absolute Gasteiger partial charge is 0.306 e. The number of nitrogens with one attached hydrogen (secondary N) is 1. The molecule has 0 radical (unpaired) electrons. The number of amides is 1. The SMILES string of the molecule is CC1CN(C(=O)c2cccc3cn[nH]c23)CCC1C(=O)O. The number of hydrogen-bond acceptors (Lipinski definition) is 3. The van der Waals surface area contributed by atoms with Crippen LogP contribution in [0.2, 0.25) is 0 Å². The zero-order chi connectivity index (χ0) is 15.0. The molecule has 2 unspecified atom stereocenters. The summed E-state index contributed by atoms with van der Waals surface area (Å²) in [4.78, 5) is 25.5. The van der Waals surface area contributed by atoms with E-state index >= 15 is 0 Å². The quantitative estimate of drug-likeness (QED) is 0.881. The lowest BCUT2D eigenvalue weighted by Gasteiger charge is -2.35. The van der Waals surface area contributed by atoms with E-state index < -0.39 is 5.97 Å². The predicted octanol–water partition coefficient (Wildman–Crippen LogP) is 1.75. The zero-order valence-electron chi connectivity index (χ0n) is 11.7. The average Bonchev–Trinajstić information content (AvgIpc) is 2.94. The van der Waals surface area contributed by atoms with E-state index in [1.807, 2.05) is 19.1 Å². The van der Waals surface area contributed by atoms with E-state index in [1.54, 1.807) is 17.2 Å². The summed E-state index contributed by atoms with van der Waals surface area (Å²) < 4.78 is 0. The Balaban J connectivity index is 1.83. The molecule has 110 valence electrons. The summed E-state index contributed by atoms with van der Waals surface area (Å²) in [5.41, 5.74) is 1.32. The fraction of sp³-hybridized carbons (Fsp3) is 0.400. The van der Waals surface area contributed by atoms with E-state index in [0.717, 1.165) is 10.9 Å². The molecule has 0 aliphatic carbocycles. The number of aromatic amines is 1. The average molecular weight is 287 g/mol. The van der Waals surface area contributed by atoms with Gasteiger partial charge >= 0.3 is 5.97 Å². The third kappa shape index (κ3) is 2.37. The number of benzene rings is 1. The number of H-pyrrole nitrogens is 1. The number of aromatic nitrogens is 2. The summed E-state index contributed by atoms with van der Waals surface area (Å²) in [5, 5.41) is 16.9. The minimum Gasteiger partial charge on any atom is -0.481 e. The first-order chi connectivity index (χ1) is 10.1. The van der Waals surface area contributed by atoms with E-state index in [1.165, 1.54) is 0 Å². The number of para-hydroxylation sites is 1. The number of carbonyl (C=O) groups is 2. The van der Waals surface area contributed by atoms with Crippen LogP contribution in [0.4, 0.5) is 0 Å². The van der Waals surface area contributed by atoms with Gasteiger partial charge in [0.05, 0.1) is 23.2 Å². The molecule has 0 spiro atoms. The Morgan fingerprint density at radius 2 is 2.24 bits per heavy atom. The summed E-state index contributed by atoms with van der Waals surface area (Å²) in [6.45, 7) is 2.83. The number of carbonyl (C=O) groups excluding carboxylic acids is 1. The third-order valence-electron chi connectivity index (χ3n) is 4.22. The molecule has 1 aromatic carbocycles. The van der Waals surface area contributed by atoms with E-state index in [4.69, 9.17) is 5.11 Å². The maximum Gasteiger partial charge on any atom is 0.306 e. The molecule has 1 aromatic heterocycles. The van der Waals surface area contributed by atoms with Crippen molar-refractivity contribution in [1.29, 1.82) is 0 Å². The standard InChI is InChI=1S/C15H17N3O3/c1-9-8-18(6-5-11(9)15(20)21)14(19)12-4-2-3-10-7-16-17-13(10)12/h2-4,7,9,11H,5-6,8H2,1H3,(H,16,17)(H,20,21).